The second-order valence-electron chi connectivity index (χ2n) is 6.09. The van der Waals surface area contributed by atoms with Crippen LogP contribution in [0.5, 0.6) is 0 Å². The molecule has 2 aromatic carbocycles. The lowest BCUT2D eigenvalue weighted by Crippen LogP contribution is -2.03. The highest BCUT2D eigenvalue weighted by molar-refractivity contribution is 7.80. The molecule has 0 aliphatic carbocycles. The molecule has 0 saturated heterocycles. The fraction of sp³-hybridized carbons (Fsp3) is 0.158. The van der Waals surface area contributed by atoms with Crippen molar-refractivity contribution in [3.8, 4) is 16.9 Å². The number of carboxylic acids is 1. The molecule has 1 atom stereocenters. The number of anilines is 1. The van der Waals surface area contributed by atoms with Gasteiger partial charge in [0, 0.05) is 17.7 Å². The summed E-state index contributed by atoms with van der Waals surface area (Å²) >= 11 is -2.14. The predicted molar refractivity (Wildman–Crippen MR) is 104 cm³/mol. The molecule has 0 bridgehead atoms. The highest BCUT2D eigenvalue weighted by atomic mass is 32.2. The maximum atomic E-state index is 10.9. The van der Waals surface area contributed by atoms with Gasteiger partial charge in [0.25, 0.3) is 11.3 Å². The van der Waals surface area contributed by atoms with Gasteiger partial charge in [-0.3, -0.25) is 14.1 Å². The van der Waals surface area contributed by atoms with E-state index in [4.69, 9.17) is 9.66 Å². The largest absolute Gasteiger partial charge is 0.481 e. The van der Waals surface area contributed by atoms with E-state index in [2.05, 4.69) is 9.82 Å². The van der Waals surface area contributed by atoms with E-state index < -0.39 is 17.2 Å². The molecule has 8 heteroatoms. The first-order valence-corrected chi connectivity index (χ1v) is 9.39. The Hall–Kier alpha value is -2.97. The number of rotatable bonds is 7. The summed E-state index contributed by atoms with van der Waals surface area (Å²) in [4.78, 5) is 10.9. The quantitative estimate of drug-likeness (QED) is 0.541. The smallest absolute Gasteiger partial charge is 0.303 e. The molecule has 7 nitrogen and oxygen atoms in total. The van der Waals surface area contributed by atoms with Crippen molar-refractivity contribution < 1.29 is 18.7 Å². The lowest BCUT2D eigenvalue weighted by atomic mass is 10.1. The topological polar surface area (TPSA) is 104 Å². The third kappa shape index (κ3) is 4.81. The number of carboxylic acid groups (broad SMARTS) is 1. The van der Waals surface area contributed by atoms with Crippen LogP contribution >= 0.6 is 0 Å². The molecule has 0 amide bonds. The van der Waals surface area contributed by atoms with Crippen molar-refractivity contribution in [1.29, 1.82) is 0 Å². The van der Waals surface area contributed by atoms with Gasteiger partial charge in [-0.25, -0.2) is 8.89 Å². The molecule has 140 valence electrons. The minimum Gasteiger partial charge on any atom is -0.481 e. The summed E-state index contributed by atoms with van der Waals surface area (Å²) in [5.74, 6) is -0.867. The van der Waals surface area contributed by atoms with Crippen molar-refractivity contribution in [3.63, 3.8) is 0 Å². The van der Waals surface area contributed by atoms with Crippen molar-refractivity contribution in [1.82, 2.24) is 9.78 Å². The summed E-state index contributed by atoms with van der Waals surface area (Å²) < 4.78 is 23.9. The maximum Gasteiger partial charge on any atom is 0.303 e. The lowest BCUT2D eigenvalue weighted by molar-refractivity contribution is -0.136. The molecule has 0 fully saturated rings. The first-order chi connectivity index (χ1) is 12.9. The number of carbonyl (C=O) groups is 1. The van der Waals surface area contributed by atoms with E-state index >= 15 is 0 Å². The number of hydrogen-bond donors (Lipinski definition) is 3. The fourth-order valence-electron chi connectivity index (χ4n) is 2.69. The lowest BCUT2D eigenvalue weighted by Gasteiger charge is -2.09. The van der Waals surface area contributed by atoms with Gasteiger partial charge >= 0.3 is 5.97 Å². The normalized spacial score (nSPS) is 11.9. The summed E-state index contributed by atoms with van der Waals surface area (Å²) in [7, 11) is 0. The van der Waals surface area contributed by atoms with Gasteiger partial charge in [0.1, 0.15) is 0 Å². The van der Waals surface area contributed by atoms with Crippen molar-refractivity contribution in [2.45, 2.75) is 19.8 Å². The van der Waals surface area contributed by atoms with Crippen molar-refractivity contribution >= 4 is 22.9 Å². The minimum atomic E-state index is -2.14. The van der Waals surface area contributed by atoms with Gasteiger partial charge < -0.3 is 5.11 Å². The van der Waals surface area contributed by atoms with Gasteiger partial charge in [-0.1, -0.05) is 29.8 Å². The Labute approximate surface area is 159 Å². The molecule has 1 aromatic heterocycles. The molecule has 0 saturated carbocycles. The SMILES string of the molecule is Cc1ccc(-c2cc(CCC(=O)O)nn2-c2ccc(NS(=O)O)cc2)cc1. The molecule has 27 heavy (non-hydrogen) atoms. The van der Waals surface area contributed by atoms with Crippen LogP contribution in [0.1, 0.15) is 17.7 Å². The van der Waals surface area contributed by atoms with Gasteiger partial charge in [-0.15, -0.1) is 0 Å². The van der Waals surface area contributed by atoms with Crippen LogP contribution in [0.2, 0.25) is 0 Å². The summed E-state index contributed by atoms with van der Waals surface area (Å²) in [6.45, 7) is 2.01. The minimum absolute atomic E-state index is 0.00945. The van der Waals surface area contributed by atoms with Gasteiger partial charge in [-0.05, 0) is 37.3 Å². The molecule has 0 aliphatic rings. The number of aryl methyl sites for hydroxylation is 2. The Bertz CT molecular complexity index is 966. The van der Waals surface area contributed by atoms with Crippen LogP contribution in [0, 0.1) is 6.92 Å². The second kappa shape index (κ2) is 8.15. The number of nitrogens with zero attached hydrogens (tertiary/aromatic N) is 2. The van der Waals surface area contributed by atoms with Gasteiger partial charge in [0.05, 0.1) is 23.5 Å². The maximum absolute atomic E-state index is 10.9. The number of aromatic nitrogens is 2. The predicted octanol–water partition coefficient (Wildman–Crippen LogP) is 3.41. The Morgan fingerprint density at radius 3 is 2.41 bits per heavy atom. The second-order valence-corrected chi connectivity index (χ2v) is 6.79. The average molecular weight is 385 g/mol. The summed E-state index contributed by atoms with van der Waals surface area (Å²) in [6.07, 6.45) is 0.347. The standard InChI is InChI=1S/C19H19N3O4S/c1-13-2-4-14(5-3-13)18-12-16(8-11-19(23)24)20-22(18)17-9-6-15(7-10-17)21-27(25)26/h2-7,9-10,12,21H,8,11H2,1H3,(H,23,24)(H,25,26). The van der Waals surface area contributed by atoms with Crippen LogP contribution in [0.15, 0.2) is 54.6 Å². The molecule has 1 heterocycles. The molecular weight excluding hydrogens is 366 g/mol. The third-order valence-electron chi connectivity index (χ3n) is 4.02. The van der Waals surface area contributed by atoms with Crippen LogP contribution in [-0.4, -0.2) is 29.6 Å². The van der Waals surface area contributed by atoms with E-state index in [-0.39, 0.29) is 6.42 Å². The van der Waals surface area contributed by atoms with Gasteiger partial charge in [-0.2, -0.15) is 5.10 Å². The molecule has 3 aromatic rings. The Balaban J connectivity index is 1.99. The number of nitrogens with one attached hydrogen (secondary N) is 1. The Morgan fingerprint density at radius 2 is 1.81 bits per heavy atom. The fourth-order valence-corrected chi connectivity index (χ4v) is 3.02. The summed E-state index contributed by atoms with van der Waals surface area (Å²) in [5.41, 5.74) is 4.92. The Morgan fingerprint density at radius 1 is 1.15 bits per heavy atom. The average Bonchev–Trinajstić information content (AvgIpc) is 3.05. The van der Waals surface area contributed by atoms with Crippen LogP contribution in [0.3, 0.4) is 0 Å². The molecule has 3 N–H and O–H groups in total. The zero-order valence-electron chi connectivity index (χ0n) is 14.6. The molecule has 0 spiro atoms. The number of hydrogen-bond acceptors (Lipinski definition) is 3. The van der Waals surface area contributed by atoms with Crippen molar-refractivity contribution in [2.75, 3.05) is 4.72 Å². The van der Waals surface area contributed by atoms with Crippen LogP contribution in [-0.2, 0) is 22.5 Å². The zero-order valence-corrected chi connectivity index (χ0v) is 15.4. The van der Waals surface area contributed by atoms with Gasteiger partial charge in [0.2, 0.25) is 0 Å². The van der Waals surface area contributed by atoms with Crippen LogP contribution in [0.25, 0.3) is 16.9 Å². The highest BCUT2D eigenvalue weighted by Gasteiger charge is 2.13. The van der Waals surface area contributed by atoms with Crippen LogP contribution in [0.4, 0.5) is 5.69 Å². The van der Waals surface area contributed by atoms with E-state index in [1.807, 2.05) is 37.3 Å². The van der Waals surface area contributed by atoms with E-state index in [1.54, 1.807) is 28.9 Å². The molecule has 0 radical (unpaired) electrons. The first-order valence-electron chi connectivity index (χ1n) is 8.28. The molecule has 0 aliphatic heterocycles. The highest BCUT2D eigenvalue weighted by Crippen LogP contribution is 2.26. The number of aliphatic carboxylic acids is 1. The molecular formula is C19H19N3O4S. The number of benzene rings is 2. The molecule has 3 rings (SSSR count). The Kier molecular flexibility index (Phi) is 5.68. The van der Waals surface area contributed by atoms with Crippen LogP contribution < -0.4 is 4.72 Å². The summed E-state index contributed by atoms with van der Waals surface area (Å²) in [5, 5.41) is 13.5. The van der Waals surface area contributed by atoms with Crippen molar-refractivity contribution in [3.05, 3.63) is 65.9 Å². The van der Waals surface area contributed by atoms with Crippen molar-refractivity contribution in [2.24, 2.45) is 0 Å². The van der Waals surface area contributed by atoms with E-state index in [0.717, 1.165) is 22.5 Å². The summed E-state index contributed by atoms with van der Waals surface area (Å²) in [6, 6.07) is 16.8. The van der Waals surface area contributed by atoms with E-state index in [9.17, 15) is 9.00 Å². The third-order valence-corrected chi connectivity index (χ3v) is 4.43. The van der Waals surface area contributed by atoms with Gasteiger partial charge in [0.15, 0.2) is 0 Å². The van der Waals surface area contributed by atoms with E-state index in [0.29, 0.717) is 17.8 Å². The van der Waals surface area contributed by atoms with E-state index in [1.165, 1.54) is 0 Å². The monoisotopic (exact) mass is 385 g/mol. The zero-order chi connectivity index (χ0) is 19.4. The first kappa shape index (κ1) is 18.8. The molecule has 1 unspecified atom stereocenters.